The minimum Gasteiger partial charge on any atom is -0.481 e. The van der Waals surface area contributed by atoms with Crippen LogP contribution < -0.4 is 5.73 Å². The van der Waals surface area contributed by atoms with Gasteiger partial charge in [0, 0.05) is 6.08 Å². The van der Waals surface area contributed by atoms with Crippen LogP contribution >= 0.6 is 0 Å². The zero-order valence-corrected chi connectivity index (χ0v) is 8.07. The minimum atomic E-state index is -1.29. The van der Waals surface area contributed by atoms with Gasteiger partial charge in [0.25, 0.3) is 0 Å². The summed E-state index contributed by atoms with van der Waals surface area (Å²) in [6.45, 7) is 0. The first-order valence-corrected chi connectivity index (χ1v) is 3.86. The number of allylic oxidation sites excluding steroid dienone is 1. The molecule has 0 aromatic heterocycles. The monoisotopic (exact) mass is 233 g/mol. The Morgan fingerprint density at radius 1 is 1.19 bits per heavy atom. The molecular weight excluding hydrogens is 222 g/mol. The molecule has 0 fully saturated rings. The zero-order chi connectivity index (χ0) is 13.1. The summed E-state index contributed by atoms with van der Waals surface area (Å²) in [6.07, 6.45) is 1.57. The normalized spacial score (nSPS) is 11.1. The highest BCUT2D eigenvalue weighted by atomic mass is 16.4. The fourth-order valence-electron chi connectivity index (χ4n) is 0.397. The van der Waals surface area contributed by atoms with Gasteiger partial charge in [-0.15, -0.1) is 0 Å². The number of carboxylic acid groups (broad SMARTS) is 3. The maximum atomic E-state index is 9.85. The van der Waals surface area contributed by atoms with Crippen molar-refractivity contribution in [1.29, 1.82) is 0 Å². The first-order chi connectivity index (χ1) is 7.31. The fourth-order valence-corrected chi connectivity index (χ4v) is 0.397. The van der Waals surface area contributed by atoms with E-state index in [0.717, 1.165) is 12.2 Å². The van der Waals surface area contributed by atoms with Crippen molar-refractivity contribution in [1.82, 2.24) is 0 Å². The predicted octanol–water partition coefficient (Wildman–Crippen LogP) is -1.30. The molecule has 0 aliphatic heterocycles. The number of aliphatic carboxylic acids is 3. The third-order valence-corrected chi connectivity index (χ3v) is 1.03. The van der Waals surface area contributed by atoms with Gasteiger partial charge in [-0.25, -0.2) is 4.79 Å². The van der Waals surface area contributed by atoms with Crippen molar-refractivity contribution in [3.63, 3.8) is 0 Å². The van der Waals surface area contributed by atoms with Crippen LogP contribution in [0.15, 0.2) is 12.2 Å². The minimum absolute atomic E-state index is 0.411. The van der Waals surface area contributed by atoms with E-state index in [-0.39, 0.29) is 0 Å². The number of hydrogen-bond acceptors (Lipinski definition) is 5. The van der Waals surface area contributed by atoms with E-state index in [1.807, 2.05) is 0 Å². The molecule has 0 bridgehead atoms. The number of aldehydes is 1. The van der Waals surface area contributed by atoms with Crippen molar-refractivity contribution in [2.45, 2.75) is 12.5 Å². The van der Waals surface area contributed by atoms with Crippen LogP contribution in [0.2, 0.25) is 0 Å². The standard InChI is InChI=1S/C4H7NO4.C4H4O3/c5-2(4(8)9)1-3(6)7;5-3-1-2-4(6)7/h2H,1,5H2,(H,6,7)(H,8,9);1-3H,(H,6,7)/t2-;/m0./s1. The SMILES string of the molecule is N[C@@H](CC(=O)O)C(=O)O.O=CC=CC(=O)O. The average molecular weight is 233 g/mol. The Balaban J connectivity index is 0. The van der Waals surface area contributed by atoms with Crippen LogP contribution in [-0.2, 0) is 19.2 Å². The molecule has 0 aromatic carbocycles. The Bertz CT molecular complexity index is 297. The molecule has 1 atom stereocenters. The summed E-state index contributed by atoms with van der Waals surface area (Å²) in [4.78, 5) is 38.5. The molecule has 16 heavy (non-hydrogen) atoms. The third kappa shape index (κ3) is 14.3. The van der Waals surface area contributed by atoms with E-state index in [0.29, 0.717) is 6.29 Å². The summed E-state index contributed by atoms with van der Waals surface area (Å²) < 4.78 is 0. The number of rotatable bonds is 5. The van der Waals surface area contributed by atoms with Gasteiger partial charge in [0.05, 0.1) is 6.42 Å². The Labute approximate surface area is 90.0 Å². The Kier molecular flexibility index (Phi) is 9.47. The molecule has 0 heterocycles. The third-order valence-electron chi connectivity index (χ3n) is 1.03. The van der Waals surface area contributed by atoms with Crippen molar-refractivity contribution in [2.75, 3.05) is 0 Å². The number of carbonyl (C=O) groups excluding carboxylic acids is 1. The number of carboxylic acids is 3. The molecule has 0 saturated heterocycles. The van der Waals surface area contributed by atoms with Gasteiger partial charge in [-0.1, -0.05) is 0 Å². The van der Waals surface area contributed by atoms with Gasteiger partial charge < -0.3 is 21.1 Å². The highest BCUT2D eigenvalue weighted by molar-refractivity contribution is 5.84. The van der Waals surface area contributed by atoms with Gasteiger partial charge in [0.1, 0.15) is 12.3 Å². The van der Waals surface area contributed by atoms with Crippen LogP contribution in [-0.4, -0.2) is 45.6 Å². The molecule has 0 amide bonds. The maximum absolute atomic E-state index is 9.85. The number of nitrogens with two attached hydrogens (primary N) is 1. The topological polar surface area (TPSA) is 155 Å². The molecule has 8 heteroatoms. The lowest BCUT2D eigenvalue weighted by Gasteiger charge is -1.99. The molecule has 0 unspecified atom stereocenters. The van der Waals surface area contributed by atoms with Gasteiger partial charge in [0.2, 0.25) is 0 Å². The Hall–Kier alpha value is -2.22. The van der Waals surface area contributed by atoms with E-state index in [1.54, 1.807) is 0 Å². The molecule has 0 spiro atoms. The van der Waals surface area contributed by atoms with Crippen LogP contribution in [0, 0.1) is 0 Å². The van der Waals surface area contributed by atoms with E-state index in [1.165, 1.54) is 0 Å². The highest BCUT2D eigenvalue weighted by Crippen LogP contribution is 1.86. The summed E-state index contributed by atoms with van der Waals surface area (Å²) in [6, 6.07) is -1.29. The van der Waals surface area contributed by atoms with Crippen LogP contribution in [0.3, 0.4) is 0 Å². The molecule has 0 aliphatic carbocycles. The van der Waals surface area contributed by atoms with Crippen molar-refractivity contribution >= 4 is 24.2 Å². The first kappa shape index (κ1) is 16.2. The molecule has 90 valence electrons. The highest BCUT2D eigenvalue weighted by Gasteiger charge is 2.14. The molecule has 0 rings (SSSR count). The molecular formula is C8H11NO7. The van der Waals surface area contributed by atoms with E-state index in [4.69, 9.17) is 21.1 Å². The second kappa shape index (κ2) is 9.34. The largest absolute Gasteiger partial charge is 0.481 e. The lowest BCUT2D eigenvalue weighted by atomic mass is 10.2. The van der Waals surface area contributed by atoms with E-state index < -0.39 is 30.4 Å². The quantitative estimate of drug-likeness (QED) is 0.337. The lowest BCUT2D eigenvalue weighted by Crippen LogP contribution is -2.32. The summed E-state index contributed by atoms with van der Waals surface area (Å²) in [5.41, 5.74) is 4.84. The van der Waals surface area contributed by atoms with E-state index in [2.05, 4.69) is 0 Å². The smallest absolute Gasteiger partial charge is 0.328 e. The van der Waals surface area contributed by atoms with Gasteiger partial charge >= 0.3 is 17.9 Å². The Morgan fingerprint density at radius 3 is 1.81 bits per heavy atom. The van der Waals surface area contributed by atoms with E-state index >= 15 is 0 Å². The van der Waals surface area contributed by atoms with Gasteiger partial charge in [-0.2, -0.15) is 0 Å². The second-order valence-electron chi connectivity index (χ2n) is 2.38. The molecule has 0 aliphatic rings. The summed E-state index contributed by atoms with van der Waals surface area (Å²) >= 11 is 0. The summed E-state index contributed by atoms with van der Waals surface area (Å²) in [7, 11) is 0. The first-order valence-electron chi connectivity index (χ1n) is 3.86. The Morgan fingerprint density at radius 2 is 1.69 bits per heavy atom. The molecule has 5 N–H and O–H groups in total. The molecule has 0 saturated carbocycles. The van der Waals surface area contributed by atoms with E-state index in [9.17, 15) is 19.2 Å². The zero-order valence-electron chi connectivity index (χ0n) is 8.07. The fraction of sp³-hybridized carbons (Fsp3) is 0.250. The van der Waals surface area contributed by atoms with Crippen LogP contribution in [0.25, 0.3) is 0 Å². The maximum Gasteiger partial charge on any atom is 0.328 e. The second-order valence-corrected chi connectivity index (χ2v) is 2.38. The average Bonchev–Trinajstić information content (AvgIpc) is 2.14. The molecule has 0 aromatic rings. The van der Waals surface area contributed by atoms with Gasteiger partial charge in [-0.05, 0) is 6.08 Å². The lowest BCUT2D eigenvalue weighted by molar-refractivity contribution is -0.144. The van der Waals surface area contributed by atoms with Crippen molar-refractivity contribution in [2.24, 2.45) is 5.73 Å². The van der Waals surface area contributed by atoms with Gasteiger partial charge in [-0.3, -0.25) is 14.4 Å². The van der Waals surface area contributed by atoms with Crippen LogP contribution in [0.1, 0.15) is 6.42 Å². The van der Waals surface area contributed by atoms with Crippen LogP contribution in [0.5, 0.6) is 0 Å². The van der Waals surface area contributed by atoms with Crippen molar-refractivity contribution < 1.29 is 34.5 Å². The van der Waals surface area contributed by atoms with Crippen molar-refractivity contribution in [3.05, 3.63) is 12.2 Å². The molecule has 8 nitrogen and oxygen atoms in total. The summed E-state index contributed by atoms with van der Waals surface area (Å²) in [5, 5.41) is 23.8. The number of hydrogen-bond donors (Lipinski definition) is 4. The number of carbonyl (C=O) groups is 4. The predicted molar refractivity (Wildman–Crippen MR) is 50.7 cm³/mol. The van der Waals surface area contributed by atoms with Crippen molar-refractivity contribution in [3.8, 4) is 0 Å². The summed E-state index contributed by atoms with van der Waals surface area (Å²) in [5.74, 6) is -3.60. The molecule has 0 radical (unpaired) electrons. The van der Waals surface area contributed by atoms with Gasteiger partial charge in [0.15, 0.2) is 0 Å². The van der Waals surface area contributed by atoms with Crippen LogP contribution in [0.4, 0.5) is 0 Å².